The number of nitrogens with zero attached hydrogens (tertiary/aromatic N) is 6. The van der Waals surface area contributed by atoms with E-state index in [-0.39, 0.29) is 5.69 Å². The zero-order valence-corrected chi connectivity index (χ0v) is 23.2. The van der Waals surface area contributed by atoms with Gasteiger partial charge < -0.3 is 20.1 Å². The lowest BCUT2D eigenvalue weighted by molar-refractivity contribution is 0.0289. The van der Waals surface area contributed by atoms with Crippen molar-refractivity contribution in [2.24, 2.45) is 13.0 Å². The molecule has 2 aliphatic heterocycles. The first kappa shape index (κ1) is 26.9. The number of benzene rings is 1. The maximum absolute atomic E-state index is 12.9. The van der Waals surface area contributed by atoms with Crippen molar-refractivity contribution in [3.8, 4) is 0 Å². The standard InChI is InChI=1S/C27H38ClN7O3/c1-27(2,37)8-11-35-23-16-20(4-5-22(23)32(3)26(35)36)30-24-21(28)17-29-25(31-24)34-9-6-19(7-10-34)18-33-12-14-38-15-13-33/h4-5,16-17,19,37H,6-15,18H2,1-3H3,(H,29,30,31). The number of fused-ring (bicyclic) bond motifs is 1. The van der Waals surface area contributed by atoms with Crippen LogP contribution < -0.4 is 15.9 Å². The molecule has 0 spiro atoms. The van der Waals surface area contributed by atoms with E-state index in [1.54, 1.807) is 36.2 Å². The highest BCUT2D eigenvalue weighted by Crippen LogP contribution is 2.29. The normalized spacial score (nSPS) is 17.9. The van der Waals surface area contributed by atoms with E-state index in [4.69, 9.17) is 21.3 Å². The predicted octanol–water partition coefficient (Wildman–Crippen LogP) is 3.24. The summed E-state index contributed by atoms with van der Waals surface area (Å²) in [7, 11) is 1.76. The van der Waals surface area contributed by atoms with Crippen LogP contribution in [-0.2, 0) is 18.3 Å². The maximum Gasteiger partial charge on any atom is 0.328 e. The first-order valence-electron chi connectivity index (χ1n) is 13.4. The van der Waals surface area contributed by atoms with Crippen molar-refractivity contribution in [2.45, 2.75) is 45.3 Å². The molecule has 1 aromatic carbocycles. The summed E-state index contributed by atoms with van der Waals surface area (Å²) in [5, 5.41) is 13.9. The van der Waals surface area contributed by atoms with Crippen LogP contribution >= 0.6 is 11.6 Å². The van der Waals surface area contributed by atoms with Crippen molar-refractivity contribution in [1.82, 2.24) is 24.0 Å². The molecule has 2 aromatic heterocycles. The van der Waals surface area contributed by atoms with Crippen LogP contribution in [0.1, 0.15) is 33.1 Å². The number of morpholine rings is 1. The smallest absolute Gasteiger partial charge is 0.328 e. The Bertz CT molecular complexity index is 1320. The molecule has 2 fully saturated rings. The Morgan fingerprint density at radius 1 is 1.16 bits per heavy atom. The zero-order chi connectivity index (χ0) is 26.9. The van der Waals surface area contributed by atoms with Crippen molar-refractivity contribution < 1.29 is 9.84 Å². The van der Waals surface area contributed by atoms with Crippen molar-refractivity contribution in [3.63, 3.8) is 0 Å². The van der Waals surface area contributed by atoms with E-state index in [0.717, 1.165) is 75.5 Å². The molecule has 3 aromatic rings. The molecule has 2 aliphatic rings. The SMILES string of the molecule is Cn1c(=O)n(CCC(C)(C)O)c2cc(Nc3nc(N4CCC(CN5CCOCC5)CC4)ncc3Cl)ccc21. The number of piperidine rings is 1. The van der Waals surface area contributed by atoms with Crippen molar-refractivity contribution in [3.05, 3.63) is 39.9 Å². The second kappa shape index (κ2) is 11.2. The molecule has 0 amide bonds. The van der Waals surface area contributed by atoms with Crippen molar-refractivity contribution in [2.75, 3.05) is 56.2 Å². The quantitative estimate of drug-likeness (QED) is 0.446. The number of nitrogens with one attached hydrogen (secondary N) is 1. The lowest BCUT2D eigenvalue weighted by Gasteiger charge is -2.36. The van der Waals surface area contributed by atoms with Crippen LogP contribution in [0.5, 0.6) is 0 Å². The Morgan fingerprint density at radius 2 is 1.89 bits per heavy atom. The van der Waals surface area contributed by atoms with Gasteiger partial charge in [-0.2, -0.15) is 4.98 Å². The summed E-state index contributed by atoms with van der Waals surface area (Å²) in [5.41, 5.74) is 1.42. The number of halogens is 1. The first-order valence-corrected chi connectivity index (χ1v) is 13.8. The number of imidazole rings is 1. The topological polar surface area (TPSA) is 101 Å². The average Bonchev–Trinajstić information content (AvgIpc) is 3.13. The highest BCUT2D eigenvalue weighted by atomic mass is 35.5. The Hall–Kier alpha value is -2.66. The molecule has 11 heteroatoms. The molecule has 10 nitrogen and oxygen atoms in total. The highest BCUT2D eigenvalue weighted by Gasteiger charge is 2.24. The van der Waals surface area contributed by atoms with Gasteiger partial charge in [0.2, 0.25) is 5.95 Å². The third-order valence-corrected chi connectivity index (χ3v) is 7.88. The van der Waals surface area contributed by atoms with Crippen LogP contribution in [0, 0.1) is 5.92 Å². The van der Waals surface area contributed by atoms with Gasteiger partial charge in [0.15, 0.2) is 5.82 Å². The summed E-state index contributed by atoms with van der Waals surface area (Å²) >= 11 is 6.49. The molecule has 0 saturated carbocycles. The Balaban J connectivity index is 1.29. The van der Waals surface area contributed by atoms with E-state index < -0.39 is 5.60 Å². The highest BCUT2D eigenvalue weighted by molar-refractivity contribution is 6.32. The summed E-state index contributed by atoms with van der Waals surface area (Å²) in [4.78, 5) is 26.9. The number of hydrogen-bond donors (Lipinski definition) is 2. The Labute approximate surface area is 228 Å². The zero-order valence-electron chi connectivity index (χ0n) is 22.5. The monoisotopic (exact) mass is 543 g/mol. The third-order valence-electron chi connectivity index (χ3n) is 7.60. The first-order chi connectivity index (χ1) is 18.2. The average molecular weight is 544 g/mol. The molecule has 0 atom stereocenters. The molecule has 38 heavy (non-hydrogen) atoms. The van der Waals surface area contributed by atoms with E-state index in [1.165, 1.54) is 0 Å². The van der Waals surface area contributed by atoms with Crippen molar-refractivity contribution >= 4 is 40.1 Å². The molecule has 5 rings (SSSR count). The fourth-order valence-corrected chi connectivity index (χ4v) is 5.43. The van der Waals surface area contributed by atoms with Gasteiger partial charge in [0.1, 0.15) is 5.02 Å². The van der Waals surface area contributed by atoms with Crippen LogP contribution in [0.15, 0.2) is 29.2 Å². The summed E-state index contributed by atoms with van der Waals surface area (Å²) < 4.78 is 8.80. The largest absolute Gasteiger partial charge is 0.390 e. The fraction of sp³-hybridized carbons (Fsp3) is 0.593. The predicted molar refractivity (Wildman–Crippen MR) is 151 cm³/mol. The summed E-state index contributed by atoms with van der Waals surface area (Å²) in [5.74, 6) is 1.89. The van der Waals surface area contributed by atoms with E-state index in [0.29, 0.717) is 35.7 Å². The molecule has 206 valence electrons. The second-order valence-corrected chi connectivity index (χ2v) is 11.5. The fourth-order valence-electron chi connectivity index (χ4n) is 5.29. The molecule has 0 unspecified atom stereocenters. The number of aliphatic hydroxyl groups is 1. The van der Waals surface area contributed by atoms with Gasteiger partial charge in [-0.15, -0.1) is 0 Å². The summed E-state index contributed by atoms with van der Waals surface area (Å²) in [6.07, 6.45) is 4.33. The van der Waals surface area contributed by atoms with Gasteiger partial charge in [0.25, 0.3) is 0 Å². The molecule has 0 aliphatic carbocycles. The molecule has 0 radical (unpaired) electrons. The van der Waals surface area contributed by atoms with Crippen molar-refractivity contribution in [1.29, 1.82) is 0 Å². The van der Waals surface area contributed by atoms with Gasteiger partial charge >= 0.3 is 5.69 Å². The maximum atomic E-state index is 12.9. The van der Waals surface area contributed by atoms with Crippen LogP contribution in [0.25, 0.3) is 11.0 Å². The van der Waals surface area contributed by atoms with E-state index >= 15 is 0 Å². The van der Waals surface area contributed by atoms with Crippen LogP contribution in [0.4, 0.5) is 17.5 Å². The van der Waals surface area contributed by atoms with Gasteiger partial charge in [0.05, 0.1) is 36.0 Å². The van der Waals surface area contributed by atoms with E-state index in [1.807, 2.05) is 18.2 Å². The lowest BCUT2D eigenvalue weighted by atomic mass is 9.96. The molecule has 2 N–H and O–H groups in total. The van der Waals surface area contributed by atoms with Crippen LogP contribution in [0.3, 0.4) is 0 Å². The molecular formula is C27H38ClN7O3. The number of hydrogen-bond acceptors (Lipinski definition) is 8. The minimum Gasteiger partial charge on any atom is -0.390 e. The Kier molecular flexibility index (Phi) is 7.95. The number of anilines is 3. The van der Waals surface area contributed by atoms with Gasteiger partial charge in [-0.1, -0.05) is 11.6 Å². The Morgan fingerprint density at radius 3 is 2.61 bits per heavy atom. The van der Waals surface area contributed by atoms with E-state index in [2.05, 4.69) is 20.1 Å². The second-order valence-electron chi connectivity index (χ2n) is 11.1. The number of aryl methyl sites for hydroxylation is 2. The lowest BCUT2D eigenvalue weighted by Crippen LogP contribution is -2.43. The van der Waals surface area contributed by atoms with Gasteiger partial charge in [-0.05, 0) is 57.2 Å². The number of ether oxygens (including phenoxy) is 1. The molecule has 4 heterocycles. The van der Waals surface area contributed by atoms with Crippen LogP contribution in [-0.4, -0.2) is 80.6 Å². The summed E-state index contributed by atoms with van der Waals surface area (Å²) in [6.45, 7) is 10.6. The molecule has 0 bridgehead atoms. The minimum atomic E-state index is -0.862. The van der Waals surface area contributed by atoms with Gasteiger partial charge in [-0.3, -0.25) is 14.0 Å². The van der Waals surface area contributed by atoms with Crippen LogP contribution in [0.2, 0.25) is 5.02 Å². The third kappa shape index (κ3) is 6.14. The van der Waals surface area contributed by atoms with Gasteiger partial charge in [0, 0.05) is 52.0 Å². The number of aromatic nitrogens is 4. The van der Waals surface area contributed by atoms with E-state index in [9.17, 15) is 9.90 Å². The minimum absolute atomic E-state index is 0.110. The molecular weight excluding hydrogens is 506 g/mol. The van der Waals surface area contributed by atoms with Gasteiger partial charge in [-0.25, -0.2) is 9.78 Å². The summed E-state index contributed by atoms with van der Waals surface area (Å²) in [6, 6.07) is 5.75. The number of rotatable bonds is 8. The molecule has 2 saturated heterocycles.